The number of aromatic nitrogens is 2. The Bertz CT molecular complexity index is 282. The summed E-state index contributed by atoms with van der Waals surface area (Å²) in [5.74, 6) is 0.185. The van der Waals surface area contributed by atoms with Crippen molar-refractivity contribution in [1.82, 2.24) is 14.9 Å². The number of unbranched alkanes of at least 4 members (excludes halogenated alkanes) is 2. The number of imidazole rings is 1. The van der Waals surface area contributed by atoms with Crippen LogP contribution in [-0.2, 0) is 11.3 Å². The second-order valence-corrected chi connectivity index (χ2v) is 3.96. The molecule has 4 heteroatoms. The number of hydrogen-bond acceptors (Lipinski definition) is 2. The Morgan fingerprint density at radius 3 is 2.94 bits per heavy atom. The lowest BCUT2D eigenvalue weighted by atomic mass is 10.2. The lowest BCUT2D eigenvalue weighted by molar-refractivity contribution is -0.121. The average molecular weight is 223 g/mol. The highest BCUT2D eigenvalue weighted by Gasteiger charge is 1.99. The van der Waals surface area contributed by atoms with E-state index in [2.05, 4.69) is 21.8 Å². The summed E-state index contributed by atoms with van der Waals surface area (Å²) >= 11 is 0. The quantitative estimate of drug-likeness (QED) is 0.685. The summed E-state index contributed by atoms with van der Waals surface area (Å²) in [5.41, 5.74) is 0. The molecule has 16 heavy (non-hydrogen) atoms. The van der Waals surface area contributed by atoms with E-state index in [4.69, 9.17) is 0 Å². The monoisotopic (exact) mass is 223 g/mol. The fourth-order valence-corrected chi connectivity index (χ4v) is 1.53. The Morgan fingerprint density at radius 1 is 1.38 bits per heavy atom. The zero-order valence-corrected chi connectivity index (χ0v) is 9.98. The van der Waals surface area contributed by atoms with E-state index in [1.54, 1.807) is 6.20 Å². The smallest absolute Gasteiger partial charge is 0.219 e. The molecule has 0 aliphatic rings. The highest BCUT2D eigenvalue weighted by atomic mass is 16.1. The topological polar surface area (TPSA) is 46.9 Å². The fourth-order valence-electron chi connectivity index (χ4n) is 1.53. The van der Waals surface area contributed by atoms with E-state index in [1.165, 1.54) is 0 Å². The van der Waals surface area contributed by atoms with Gasteiger partial charge in [-0.3, -0.25) is 4.79 Å². The molecular formula is C12H21N3O. The molecule has 0 atom stereocenters. The molecule has 0 aromatic carbocycles. The van der Waals surface area contributed by atoms with Crippen LogP contribution in [0.5, 0.6) is 0 Å². The van der Waals surface area contributed by atoms with Gasteiger partial charge in [0.2, 0.25) is 5.91 Å². The highest BCUT2D eigenvalue weighted by Crippen LogP contribution is 2.02. The van der Waals surface area contributed by atoms with Gasteiger partial charge in [-0.05, 0) is 19.3 Å². The molecule has 1 rings (SSSR count). The Hall–Kier alpha value is -1.32. The molecule has 90 valence electrons. The Labute approximate surface area is 97.1 Å². The molecule has 1 N–H and O–H groups in total. The number of nitrogens with zero attached hydrogens (tertiary/aromatic N) is 2. The van der Waals surface area contributed by atoms with Gasteiger partial charge < -0.3 is 9.88 Å². The molecule has 1 amide bonds. The van der Waals surface area contributed by atoms with Gasteiger partial charge in [-0.1, -0.05) is 13.3 Å². The van der Waals surface area contributed by atoms with Crippen LogP contribution in [0.15, 0.2) is 18.7 Å². The molecule has 0 aliphatic heterocycles. The molecule has 1 aromatic rings. The highest BCUT2D eigenvalue weighted by molar-refractivity contribution is 5.75. The summed E-state index contributed by atoms with van der Waals surface area (Å²) in [6, 6.07) is 0. The third kappa shape index (κ3) is 5.53. The molecule has 1 heterocycles. The third-order valence-electron chi connectivity index (χ3n) is 2.45. The molecule has 0 bridgehead atoms. The van der Waals surface area contributed by atoms with Crippen LogP contribution >= 0.6 is 0 Å². The maximum Gasteiger partial charge on any atom is 0.219 e. The molecule has 0 spiro atoms. The van der Waals surface area contributed by atoms with E-state index in [-0.39, 0.29) is 5.91 Å². The van der Waals surface area contributed by atoms with Gasteiger partial charge in [0.15, 0.2) is 0 Å². The zero-order valence-electron chi connectivity index (χ0n) is 9.98. The van der Waals surface area contributed by atoms with Crippen LogP contribution in [0.4, 0.5) is 0 Å². The van der Waals surface area contributed by atoms with Crippen LogP contribution in [0.2, 0.25) is 0 Å². The minimum Gasteiger partial charge on any atom is -0.356 e. The van der Waals surface area contributed by atoms with E-state index in [0.717, 1.165) is 38.8 Å². The zero-order chi connectivity index (χ0) is 11.6. The summed E-state index contributed by atoms with van der Waals surface area (Å²) in [4.78, 5) is 15.2. The van der Waals surface area contributed by atoms with Gasteiger partial charge in [0.1, 0.15) is 0 Å². The minimum absolute atomic E-state index is 0.185. The summed E-state index contributed by atoms with van der Waals surface area (Å²) in [5, 5.41) is 2.88. The molecule has 1 aromatic heterocycles. The Morgan fingerprint density at radius 2 is 2.25 bits per heavy atom. The van der Waals surface area contributed by atoms with Crippen LogP contribution in [0.3, 0.4) is 0 Å². The predicted molar refractivity (Wildman–Crippen MR) is 64.0 cm³/mol. The fraction of sp³-hybridized carbons (Fsp3) is 0.667. The molecule has 0 saturated carbocycles. The lowest BCUT2D eigenvalue weighted by Gasteiger charge is -2.04. The van der Waals surface area contributed by atoms with E-state index in [0.29, 0.717) is 6.42 Å². The first-order chi connectivity index (χ1) is 7.83. The van der Waals surface area contributed by atoms with Crippen molar-refractivity contribution in [2.45, 2.75) is 45.6 Å². The van der Waals surface area contributed by atoms with E-state index in [1.807, 2.05) is 12.5 Å². The molecule has 0 unspecified atom stereocenters. The van der Waals surface area contributed by atoms with Gasteiger partial charge in [0.25, 0.3) is 0 Å². The third-order valence-corrected chi connectivity index (χ3v) is 2.45. The Balaban J connectivity index is 1.93. The average Bonchev–Trinajstić information content (AvgIpc) is 2.79. The van der Waals surface area contributed by atoms with E-state index < -0.39 is 0 Å². The van der Waals surface area contributed by atoms with Gasteiger partial charge in [-0.15, -0.1) is 0 Å². The Kier molecular flexibility index (Phi) is 6.30. The van der Waals surface area contributed by atoms with Crippen LogP contribution in [-0.4, -0.2) is 22.0 Å². The van der Waals surface area contributed by atoms with Crippen molar-refractivity contribution in [2.24, 2.45) is 0 Å². The minimum atomic E-state index is 0.185. The second kappa shape index (κ2) is 7.91. The van der Waals surface area contributed by atoms with Crippen LogP contribution in [0.25, 0.3) is 0 Å². The number of carbonyl (C=O) groups is 1. The maximum atomic E-state index is 11.3. The van der Waals surface area contributed by atoms with Crippen molar-refractivity contribution in [3.63, 3.8) is 0 Å². The maximum absolute atomic E-state index is 11.3. The van der Waals surface area contributed by atoms with E-state index >= 15 is 0 Å². The number of rotatable bonds is 8. The number of nitrogens with one attached hydrogen (secondary N) is 1. The first-order valence-corrected chi connectivity index (χ1v) is 6.05. The first-order valence-electron chi connectivity index (χ1n) is 6.05. The van der Waals surface area contributed by atoms with Crippen LogP contribution in [0, 0.1) is 0 Å². The lowest BCUT2D eigenvalue weighted by Crippen LogP contribution is -2.23. The van der Waals surface area contributed by atoms with Gasteiger partial charge in [-0.2, -0.15) is 0 Å². The second-order valence-electron chi connectivity index (χ2n) is 3.96. The summed E-state index contributed by atoms with van der Waals surface area (Å²) < 4.78 is 2.07. The standard InChI is InChI=1S/C12H21N3O/c1-2-7-14-12(16)6-4-3-5-9-15-10-8-13-11-15/h8,10-11H,2-7,9H2,1H3,(H,14,16). The predicted octanol–water partition coefficient (Wildman–Crippen LogP) is 1.97. The largest absolute Gasteiger partial charge is 0.356 e. The number of hydrogen-bond donors (Lipinski definition) is 1. The molecule has 0 radical (unpaired) electrons. The van der Waals surface area contributed by atoms with Crippen molar-refractivity contribution in [3.05, 3.63) is 18.7 Å². The van der Waals surface area contributed by atoms with Crippen molar-refractivity contribution in [3.8, 4) is 0 Å². The normalized spacial score (nSPS) is 10.3. The molecule has 0 fully saturated rings. The van der Waals surface area contributed by atoms with Crippen LogP contribution in [0.1, 0.15) is 39.0 Å². The number of aryl methyl sites for hydroxylation is 1. The summed E-state index contributed by atoms with van der Waals surface area (Å²) in [6.45, 7) is 3.86. The first kappa shape index (κ1) is 12.7. The number of amides is 1. The van der Waals surface area contributed by atoms with Gasteiger partial charge in [-0.25, -0.2) is 4.98 Å². The molecule has 0 saturated heterocycles. The number of carbonyl (C=O) groups excluding carboxylic acids is 1. The molecule has 4 nitrogen and oxygen atoms in total. The van der Waals surface area contributed by atoms with Crippen molar-refractivity contribution < 1.29 is 4.79 Å². The van der Waals surface area contributed by atoms with Crippen molar-refractivity contribution >= 4 is 5.91 Å². The van der Waals surface area contributed by atoms with Crippen molar-refractivity contribution in [2.75, 3.05) is 6.54 Å². The molecular weight excluding hydrogens is 202 g/mol. The van der Waals surface area contributed by atoms with Gasteiger partial charge in [0, 0.05) is 31.9 Å². The van der Waals surface area contributed by atoms with Gasteiger partial charge >= 0.3 is 0 Å². The molecule has 0 aliphatic carbocycles. The summed E-state index contributed by atoms with van der Waals surface area (Å²) in [7, 11) is 0. The van der Waals surface area contributed by atoms with E-state index in [9.17, 15) is 4.79 Å². The van der Waals surface area contributed by atoms with Crippen molar-refractivity contribution in [1.29, 1.82) is 0 Å². The SMILES string of the molecule is CCCNC(=O)CCCCCn1ccnc1. The van der Waals surface area contributed by atoms with Crippen LogP contribution < -0.4 is 5.32 Å². The van der Waals surface area contributed by atoms with Gasteiger partial charge in [0.05, 0.1) is 6.33 Å². The summed E-state index contributed by atoms with van der Waals surface area (Å²) in [6.07, 6.45) is 10.4.